The number of non-ortho nitro benzene ring substituents is 1. The van der Waals surface area contributed by atoms with Crippen LogP contribution in [0.5, 0.6) is 5.75 Å². The van der Waals surface area contributed by atoms with Crippen LogP contribution in [0.3, 0.4) is 0 Å². The molecule has 3 aromatic rings. The number of nitro groups is 1. The van der Waals surface area contributed by atoms with Crippen molar-refractivity contribution in [2.24, 2.45) is 7.05 Å². The first-order valence-corrected chi connectivity index (χ1v) is 9.17. The van der Waals surface area contributed by atoms with Crippen molar-refractivity contribution in [1.29, 1.82) is 0 Å². The van der Waals surface area contributed by atoms with Crippen LogP contribution >= 0.6 is 11.8 Å². The monoisotopic (exact) mass is 385 g/mol. The minimum Gasteiger partial charge on any atom is -0.497 e. The van der Waals surface area contributed by atoms with Crippen LogP contribution < -0.4 is 10.1 Å². The molecular formula is C18H19N5O3S. The molecule has 1 N–H and O–H groups in total. The number of nitro benzene ring substituents is 1. The normalized spacial score (nSPS) is 10.6. The standard InChI is InChI=1S/C18H19N5O3S/c1-22-17(11-19-14-5-9-16(26-2)10-6-14)20-21-18(22)27-12-13-3-7-15(8-4-13)23(24)25/h3-10,19H,11-12H2,1-2H3. The lowest BCUT2D eigenvalue weighted by molar-refractivity contribution is -0.384. The Hall–Kier alpha value is -3.07. The Bertz CT molecular complexity index is 910. The fourth-order valence-corrected chi connectivity index (χ4v) is 3.26. The molecule has 0 bridgehead atoms. The number of hydrogen-bond acceptors (Lipinski definition) is 7. The maximum Gasteiger partial charge on any atom is 0.269 e. The topological polar surface area (TPSA) is 95.1 Å². The predicted molar refractivity (Wildman–Crippen MR) is 104 cm³/mol. The van der Waals surface area contributed by atoms with Gasteiger partial charge in [0, 0.05) is 30.6 Å². The summed E-state index contributed by atoms with van der Waals surface area (Å²) >= 11 is 1.54. The summed E-state index contributed by atoms with van der Waals surface area (Å²) in [6, 6.07) is 14.2. The Morgan fingerprint density at radius 2 is 1.85 bits per heavy atom. The molecule has 0 saturated heterocycles. The van der Waals surface area contributed by atoms with E-state index >= 15 is 0 Å². The van der Waals surface area contributed by atoms with Crippen LogP contribution in [0.2, 0.25) is 0 Å². The van der Waals surface area contributed by atoms with Crippen molar-refractivity contribution in [3.63, 3.8) is 0 Å². The van der Waals surface area contributed by atoms with E-state index < -0.39 is 4.92 Å². The molecule has 140 valence electrons. The van der Waals surface area contributed by atoms with Crippen molar-refractivity contribution >= 4 is 23.1 Å². The highest BCUT2D eigenvalue weighted by atomic mass is 32.2. The first-order chi connectivity index (χ1) is 13.1. The number of rotatable bonds is 8. The van der Waals surface area contributed by atoms with Gasteiger partial charge in [-0.25, -0.2) is 0 Å². The molecular weight excluding hydrogens is 366 g/mol. The highest BCUT2D eigenvalue weighted by Crippen LogP contribution is 2.23. The molecule has 0 aliphatic rings. The summed E-state index contributed by atoms with van der Waals surface area (Å²) in [6.07, 6.45) is 0. The van der Waals surface area contributed by atoms with E-state index in [2.05, 4.69) is 15.5 Å². The second kappa shape index (κ2) is 8.54. The van der Waals surface area contributed by atoms with Gasteiger partial charge in [0.25, 0.3) is 5.69 Å². The van der Waals surface area contributed by atoms with Crippen LogP contribution in [-0.4, -0.2) is 26.8 Å². The highest BCUT2D eigenvalue weighted by Gasteiger charge is 2.10. The number of methoxy groups -OCH3 is 1. The fourth-order valence-electron chi connectivity index (χ4n) is 2.38. The molecule has 8 nitrogen and oxygen atoms in total. The molecule has 0 fully saturated rings. The second-order valence-electron chi connectivity index (χ2n) is 5.75. The molecule has 0 unspecified atom stereocenters. The van der Waals surface area contributed by atoms with E-state index in [0.29, 0.717) is 12.3 Å². The average molecular weight is 385 g/mol. The number of aromatic nitrogens is 3. The molecule has 0 spiro atoms. The lowest BCUT2D eigenvalue weighted by Crippen LogP contribution is -2.06. The molecule has 3 rings (SSSR count). The second-order valence-corrected chi connectivity index (χ2v) is 6.69. The summed E-state index contributed by atoms with van der Waals surface area (Å²) in [7, 11) is 3.56. The van der Waals surface area contributed by atoms with Gasteiger partial charge in [-0.05, 0) is 29.8 Å². The minimum absolute atomic E-state index is 0.0919. The van der Waals surface area contributed by atoms with E-state index in [0.717, 1.165) is 28.0 Å². The molecule has 0 atom stereocenters. The van der Waals surface area contributed by atoms with Gasteiger partial charge in [-0.15, -0.1) is 10.2 Å². The largest absolute Gasteiger partial charge is 0.497 e. The smallest absolute Gasteiger partial charge is 0.269 e. The molecule has 0 saturated carbocycles. The zero-order valence-electron chi connectivity index (χ0n) is 15.0. The maximum atomic E-state index is 10.7. The number of nitrogens with zero attached hydrogens (tertiary/aromatic N) is 4. The van der Waals surface area contributed by atoms with Crippen LogP contribution in [0.25, 0.3) is 0 Å². The van der Waals surface area contributed by atoms with Gasteiger partial charge in [-0.1, -0.05) is 23.9 Å². The number of hydrogen-bond donors (Lipinski definition) is 1. The predicted octanol–water partition coefficient (Wildman–Crippen LogP) is 3.64. The van der Waals surface area contributed by atoms with E-state index in [-0.39, 0.29) is 5.69 Å². The summed E-state index contributed by atoms with van der Waals surface area (Å²) in [5.41, 5.74) is 2.06. The number of anilines is 1. The van der Waals surface area contributed by atoms with Crippen molar-refractivity contribution < 1.29 is 9.66 Å². The summed E-state index contributed by atoms with van der Waals surface area (Å²) in [6.45, 7) is 0.550. The first-order valence-electron chi connectivity index (χ1n) is 8.19. The number of benzene rings is 2. The average Bonchev–Trinajstić information content (AvgIpc) is 3.05. The summed E-state index contributed by atoms with van der Waals surface area (Å²) in [5.74, 6) is 2.29. The first kappa shape index (κ1) is 18.7. The Morgan fingerprint density at radius 3 is 2.48 bits per heavy atom. The third kappa shape index (κ3) is 4.76. The third-order valence-electron chi connectivity index (χ3n) is 3.98. The Labute approximate surface area is 160 Å². The lowest BCUT2D eigenvalue weighted by atomic mass is 10.2. The van der Waals surface area contributed by atoms with Gasteiger partial charge in [0.05, 0.1) is 18.6 Å². The molecule has 0 amide bonds. The van der Waals surface area contributed by atoms with E-state index in [9.17, 15) is 10.1 Å². The van der Waals surface area contributed by atoms with Crippen molar-refractivity contribution in [2.45, 2.75) is 17.5 Å². The number of ether oxygens (including phenoxy) is 1. The molecule has 9 heteroatoms. The van der Waals surface area contributed by atoms with Gasteiger partial charge in [-0.3, -0.25) is 10.1 Å². The van der Waals surface area contributed by atoms with Crippen LogP contribution in [0.4, 0.5) is 11.4 Å². The van der Waals surface area contributed by atoms with E-state index in [1.54, 1.807) is 19.2 Å². The van der Waals surface area contributed by atoms with Crippen LogP contribution in [-0.2, 0) is 19.3 Å². The Kier molecular flexibility index (Phi) is 5.92. The Morgan fingerprint density at radius 1 is 1.15 bits per heavy atom. The molecule has 0 radical (unpaired) electrons. The zero-order chi connectivity index (χ0) is 19.2. The number of thioether (sulfide) groups is 1. The SMILES string of the molecule is COc1ccc(NCc2nnc(SCc3ccc([N+](=O)[O-])cc3)n2C)cc1. The maximum absolute atomic E-state index is 10.7. The van der Waals surface area contributed by atoms with Crippen molar-refractivity contribution in [2.75, 3.05) is 12.4 Å². The molecule has 2 aromatic carbocycles. The molecule has 1 heterocycles. The lowest BCUT2D eigenvalue weighted by Gasteiger charge is -2.07. The van der Waals surface area contributed by atoms with Crippen molar-refractivity contribution in [1.82, 2.24) is 14.8 Å². The van der Waals surface area contributed by atoms with Crippen LogP contribution in [0, 0.1) is 10.1 Å². The highest BCUT2D eigenvalue weighted by molar-refractivity contribution is 7.98. The molecule has 0 aliphatic carbocycles. The number of nitrogens with one attached hydrogen (secondary N) is 1. The summed E-state index contributed by atoms with van der Waals surface area (Å²) in [4.78, 5) is 10.3. The van der Waals surface area contributed by atoms with Crippen molar-refractivity contribution in [3.8, 4) is 5.75 Å². The molecule has 0 aliphatic heterocycles. The summed E-state index contributed by atoms with van der Waals surface area (Å²) < 4.78 is 7.08. The quantitative estimate of drug-likeness (QED) is 0.359. The van der Waals surface area contributed by atoms with Crippen LogP contribution in [0.1, 0.15) is 11.4 Å². The zero-order valence-corrected chi connectivity index (χ0v) is 15.8. The van der Waals surface area contributed by atoms with Gasteiger partial charge in [0.15, 0.2) is 11.0 Å². The summed E-state index contributed by atoms with van der Waals surface area (Å²) in [5, 5.41) is 23.3. The van der Waals surface area contributed by atoms with Gasteiger partial charge in [-0.2, -0.15) is 0 Å². The van der Waals surface area contributed by atoms with Gasteiger partial charge in [0.1, 0.15) is 5.75 Å². The van der Waals surface area contributed by atoms with Crippen molar-refractivity contribution in [3.05, 3.63) is 70.0 Å². The molecule has 1 aromatic heterocycles. The van der Waals surface area contributed by atoms with Gasteiger partial charge < -0.3 is 14.6 Å². The van der Waals surface area contributed by atoms with E-state index in [1.807, 2.05) is 35.9 Å². The van der Waals surface area contributed by atoms with Gasteiger partial charge in [0.2, 0.25) is 0 Å². The Balaban J connectivity index is 1.56. The fraction of sp³-hybridized carbons (Fsp3) is 0.222. The minimum atomic E-state index is -0.401. The van der Waals surface area contributed by atoms with Crippen LogP contribution in [0.15, 0.2) is 53.7 Å². The molecule has 27 heavy (non-hydrogen) atoms. The van der Waals surface area contributed by atoms with E-state index in [1.165, 1.54) is 23.9 Å². The third-order valence-corrected chi connectivity index (χ3v) is 5.07. The van der Waals surface area contributed by atoms with E-state index in [4.69, 9.17) is 4.74 Å². The van der Waals surface area contributed by atoms with Gasteiger partial charge >= 0.3 is 0 Å².